The summed E-state index contributed by atoms with van der Waals surface area (Å²) < 4.78 is 2.05. The highest BCUT2D eigenvalue weighted by molar-refractivity contribution is 5.13. The van der Waals surface area contributed by atoms with Gasteiger partial charge < -0.3 is 5.32 Å². The lowest BCUT2D eigenvalue weighted by molar-refractivity contribution is 0.448. The molecule has 2 saturated carbocycles. The van der Waals surface area contributed by atoms with Gasteiger partial charge in [-0.15, -0.1) is 0 Å². The molecule has 1 aromatic rings. The molecule has 100 valence electrons. The molecule has 2 aliphatic carbocycles. The van der Waals surface area contributed by atoms with Crippen molar-refractivity contribution < 1.29 is 0 Å². The maximum atomic E-state index is 4.46. The van der Waals surface area contributed by atoms with Gasteiger partial charge in [-0.05, 0) is 50.6 Å². The van der Waals surface area contributed by atoms with Crippen molar-refractivity contribution in [2.75, 3.05) is 7.05 Å². The number of nitrogens with zero attached hydrogens (tertiary/aromatic N) is 2. The van der Waals surface area contributed by atoms with Crippen LogP contribution < -0.4 is 5.32 Å². The molecule has 3 nitrogen and oxygen atoms in total. The molecule has 18 heavy (non-hydrogen) atoms. The monoisotopic (exact) mass is 247 g/mol. The van der Waals surface area contributed by atoms with Gasteiger partial charge in [-0.3, -0.25) is 4.68 Å². The average Bonchev–Trinajstić information content (AvgIpc) is 2.99. The Balaban J connectivity index is 1.68. The van der Waals surface area contributed by atoms with E-state index in [4.69, 9.17) is 0 Å². The summed E-state index contributed by atoms with van der Waals surface area (Å²) in [6, 6.07) is 2.88. The summed E-state index contributed by atoms with van der Waals surface area (Å²) in [6.07, 6.45) is 6.99. The van der Waals surface area contributed by atoms with E-state index in [0.29, 0.717) is 6.04 Å². The normalized spacial score (nSPS) is 32.1. The van der Waals surface area contributed by atoms with Gasteiger partial charge in [0.1, 0.15) is 0 Å². The topological polar surface area (TPSA) is 29.9 Å². The van der Waals surface area contributed by atoms with E-state index in [-0.39, 0.29) is 0 Å². The SMILES string of the molecule is CNC(Cc1cc(C)nn1C)C1C2CCCCC21. The van der Waals surface area contributed by atoms with Crippen molar-refractivity contribution >= 4 is 0 Å². The van der Waals surface area contributed by atoms with Crippen LogP contribution in [0.5, 0.6) is 0 Å². The Bertz CT molecular complexity index is 411. The number of aryl methyl sites for hydroxylation is 2. The molecule has 1 heterocycles. The maximum Gasteiger partial charge on any atom is 0.0596 e. The van der Waals surface area contributed by atoms with Gasteiger partial charge in [-0.2, -0.15) is 5.10 Å². The third-order valence-corrected chi connectivity index (χ3v) is 5.09. The molecule has 3 rings (SSSR count). The quantitative estimate of drug-likeness (QED) is 0.884. The molecule has 2 fully saturated rings. The van der Waals surface area contributed by atoms with Gasteiger partial charge >= 0.3 is 0 Å². The first kappa shape index (κ1) is 12.2. The Kier molecular flexibility index (Phi) is 3.18. The molecule has 0 bridgehead atoms. The molecular formula is C15H25N3. The van der Waals surface area contributed by atoms with E-state index in [1.807, 2.05) is 4.68 Å². The van der Waals surface area contributed by atoms with Crippen LogP contribution in [0.2, 0.25) is 0 Å². The molecule has 1 aromatic heterocycles. The molecule has 0 aromatic carbocycles. The summed E-state index contributed by atoms with van der Waals surface area (Å²) in [6.45, 7) is 2.08. The number of hydrogen-bond donors (Lipinski definition) is 1. The maximum absolute atomic E-state index is 4.46. The average molecular weight is 247 g/mol. The van der Waals surface area contributed by atoms with E-state index < -0.39 is 0 Å². The van der Waals surface area contributed by atoms with Crippen LogP contribution in [0.3, 0.4) is 0 Å². The number of fused-ring (bicyclic) bond motifs is 1. The zero-order chi connectivity index (χ0) is 12.7. The van der Waals surface area contributed by atoms with Crippen LogP contribution in [0.15, 0.2) is 6.07 Å². The van der Waals surface area contributed by atoms with Crippen molar-refractivity contribution in [3.8, 4) is 0 Å². The van der Waals surface area contributed by atoms with Gasteiger partial charge in [0.2, 0.25) is 0 Å². The lowest BCUT2D eigenvalue weighted by Gasteiger charge is -2.16. The van der Waals surface area contributed by atoms with Crippen molar-refractivity contribution in [3.05, 3.63) is 17.5 Å². The van der Waals surface area contributed by atoms with E-state index in [0.717, 1.165) is 29.9 Å². The second kappa shape index (κ2) is 4.69. The first-order chi connectivity index (χ1) is 8.70. The zero-order valence-electron chi connectivity index (χ0n) is 11.8. The van der Waals surface area contributed by atoms with Gasteiger partial charge in [0.15, 0.2) is 0 Å². The molecule has 2 aliphatic rings. The minimum atomic E-state index is 0.646. The van der Waals surface area contributed by atoms with Crippen molar-refractivity contribution in [1.82, 2.24) is 15.1 Å². The Morgan fingerprint density at radius 1 is 1.39 bits per heavy atom. The van der Waals surface area contributed by atoms with E-state index >= 15 is 0 Å². The predicted molar refractivity (Wildman–Crippen MR) is 73.4 cm³/mol. The minimum Gasteiger partial charge on any atom is -0.316 e. The standard InChI is InChI=1S/C15H25N3/c1-10-8-11(18(3)17-10)9-14(16-2)15-12-6-4-5-7-13(12)15/h8,12-16H,4-7,9H2,1-3H3. The van der Waals surface area contributed by atoms with Gasteiger partial charge in [0.25, 0.3) is 0 Å². The molecule has 0 saturated heterocycles. The van der Waals surface area contributed by atoms with Crippen LogP contribution in [0.25, 0.3) is 0 Å². The molecule has 0 amide bonds. The highest BCUT2D eigenvalue weighted by Crippen LogP contribution is 2.57. The van der Waals surface area contributed by atoms with Gasteiger partial charge in [-0.1, -0.05) is 12.8 Å². The summed E-state index contributed by atoms with van der Waals surface area (Å²) in [7, 11) is 4.19. The molecule has 0 radical (unpaired) electrons. The fourth-order valence-corrected chi connectivity index (χ4v) is 4.16. The third-order valence-electron chi connectivity index (χ3n) is 5.09. The lowest BCUT2D eigenvalue weighted by atomic mass is 10.0. The van der Waals surface area contributed by atoms with Crippen LogP contribution in [0.1, 0.15) is 37.1 Å². The summed E-state index contributed by atoms with van der Waals surface area (Å²) in [4.78, 5) is 0. The molecular weight excluding hydrogens is 222 g/mol. The van der Waals surface area contributed by atoms with Crippen LogP contribution in [-0.2, 0) is 13.5 Å². The van der Waals surface area contributed by atoms with Crippen molar-refractivity contribution in [2.24, 2.45) is 24.8 Å². The second-order valence-corrected chi connectivity index (χ2v) is 6.19. The molecule has 3 atom stereocenters. The van der Waals surface area contributed by atoms with E-state index in [1.165, 1.54) is 31.4 Å². The van der Waals surface area contributed by atoms with Crippen molar-refractivity contribution in [3.63, 3.8) is 0 Å². The number of rotatable bonds is 4. The van der Waals surface area contributed by atoms with E-state index in [9.17, 15) is 0 Å². The summed E-state index contributed by atoms with van der Waals surface area (Å²) in [5.74, 6) is 2.96. The third kappa shape index (κ3) is 2.09. The first-order valence-corrected chi connectivity index (χ1v) is 7.37. The highest BCUT2D eigenvalue weighted by Gasteiger charge is 2.53. The van der Waals surface area contributed by atoms with Gasteiger partial charge in [0.05, 0.1) is 5.69 Å². The van der Waals surface area contributed by atoms with Gasteiger partial charge in [0, 0.05) is 25.2 Å². The Labute approximate surface area is 110 Å². The number of nitrogens with one attached hydrogen (secondary N) is 1. The van der Waals surface area contributed by atoms with Crippen LogP contribution in [0, 0.1) is 24.7 Å². The molecule has 3 heteroatoms. The van der Waals surface area contributed by atoms with E-state index in [1.54, 1.807) is 0 Å². The Morgan fingerprint density at radius 3 is 2.56 bits per heavy atom. The number of hydrogen-bond acceptors (Lipinski definition) is 2. The van der Waals surface area contributed by atoms with Gasteiger partial charge in [-0.25, -0.2) is 0 Å². The molecule has 0 spiro atoms. The lowest BCUT2D eigenvalue weighted by Crippen LogP contribution is -2.31. The van der Waals surface area contributed by atoms with Crippen LogP contribution in [0.4, 0.5) is 0 Å². The van der Waals surface area contributed by atoms with Crippen molar-refractivity contribution in [1.29, 1.82) is 0 Å². The zero-order valence-corrected chi connectivity index (χ0v) is 11.8. The predicted octanol–water partition coefficient (Wildman–Crippen LogP) is 2.30. The second-order valence-electron chi connectivity index (χ2n) is 6.19. The van der Waals surface area contributed by atoms with E-state index in [2.05, 4.69) is 37.5 Å². The fourth-order valence-electron chi connectivity index (χ4n) is 4.16. The van der Waals surface area contributed by atoms with Crippen molar-refractivity contribution in [2.45, 2.75) is 45.1 Å². The Hall–Kier alpha value is -0.830. The summed E-state index contributed by atoms with van der Waals surface area (Å²) >= 11 is 0. The molecule has 3 unspecified atom stereocenters. The number of likely N-dealkylation sites (N-methyl/N-ethyl adjacent to an activating group) is 1. The smallest absolute Gasteiger partial charge is 0.0596 e. The van der Waals surface area contributed by atoms with Crippen LogP contribution >= 0.6 is 0 Å². The first-order valence-electron chi connectivity index (χ1n) is 7.37. The Morgan fingerprint density at radius 2 is 2.06 bits per heavy atom. The largest absolute Gasteiger partial charge is 0.316 e. The highest BCUT2D eigenvalue weighted by atomic mass is 15.3. The molecule has 1 N–H and O–H groups in total. The summed E-state index contributed by atoms with van der Waals surface area (Å²) in [5.41, 5.74) is 2.51. The minimum absolute atomic E-state index is 0.646. The summed E-state index contributed by atoms with van der Waals surface area (Å²) in [5, 5.41) is 8.02. The van der Waals surface area contributed by atoms with Crippen LogP contribution in [-0.4, -0.2) is 22.9 Å². The fraction of sp³-hybridized carbons (Fsp3) is 0.800. The molecule has 0 aliphatic heterocycles. The number of aromatic nitrogens is 2.